The second-order valence-electron chi connectivity index (χ2n) is 6.06. The van der Waals surface area contributed by atoms with Crippen LogP contribution in [0.4, 0.5) is 4.39 Å². The third kappa shape index (κ3) is 5.73. The Kier molecular flexibility index (Phi) is 6.61. The molecular weight excluding hydrogens is 267 g/mol. The number of hydrogen-bond acceptors (Lipinski definition) is 3. The molecule has 1 aromatic carbocycles. The summed E-state index contributed by atoms with van der Waals surface area (Å²) in [4.78, 5) is 2.40. The second kappa shape index (κ2) is 8.47. The van der Waals surface area contributed by atoms with Crippen LogP contribution in [0.1, 0.15) is 37.8 Å². The van der Waals surface area contributed by atoms with E-state index in [9.17, 15) is 4.39 Å². The van der Waals surface area contributed by atoms with Gasteiger partial charge in [-0.1, -0.05) is 19.9 Å². The zero-order valence-electron chi connectivity index (χ0n) is 13.2. The number of nitrogens with zero attached hydrogens (tertiary/aromatic N) is 1. The van der Waals surface area contributed by atoms with Crippen molar-refractivity contribution in [3.8, 4) is 0 Å². The van der Waals surface area contributed by atoms with Gasteiger partial charge < -0.3 is 15.0 Å². The molecular formula is C17H27FN2O. The molecule has 1 saturated heterocycles. The molecule has 2 rings (SSSR count). The van der Waals surface area contributed by atoms with Crippen molar-refractivity contribution in [3.63, 3.8) is 0 Å². The predicted molar refractivity (Wildman–Crippen MR) is 83.7 cm³/mol. The third-order valence-electron chi connectivity index (χ3n) is 3.83. The molecule has 1 N–H and O–H groups in total. The lowest BCUT2D eigenvalue weighted by atomic mass is 10.1. The number of halogens is 1. The van der Waals surface area contributed by atoms with Crippen LogP contribution in [0, 0.1) is 5.82 Å². The van der Waals surface area contributed by atoms with Crippen LogP contribution >= 0.6 is 0 Å². The molecule has 0 unspecified atom stereocenters. The van der Waals surface area contributed by atoms with Crippen molar-refractivity contribution >= 4 is 0 Å². The topological polar surface area (TPSA) is 24.5 Å². The van der Waals surface area contributed by atoms with E-state index in [1.807, 2.05) is 12.1 Å². The van der Waals surface area contributed by atoms with E-state index in [1.165, 1.54) is 32.0 Å². The smallest absolute Gasteiger partial charge is 0.128 e. The van der Waals surface area contributed by atoms with E-state index in [2.05, 4.69) is 24.1 Å². The first-order valence-corrected chi connectivity index (χ1v) is 7.96. The molecule has 0 spiro atoms. The number of nitrogens with one attached hydrogen (secondary N) is 1. The molecule has 118 valence electrons. The van der Waals surface area contributed by atoms with E-state index < -0.39 is 0 Å². The molecule has 0 bridgehead atoms. The Labute approximate surface area is 127 Å². The van der Waals surface area contributed by atoms with Crippen LogP contribution in [0.5, 0.6) is 0 Å². The van der Waals surface area contributed by atoms with E-state index in [4.69, 9.17) is 4.74 Å². The van der Waals surface area contributed by atoms with Crippen molar-refractivity contribution in [2.45, 2.75) is 45.9 Å². The van der Waals surface area contributed by atoms with Gasteiger partial charge in [0, 0.05) is 24.7 Å². The van der Waals surface area contributed by atoms with Crippen molar-refractivity contribution in [1.29, 1.82) is 0 Å². The maximum Gasteiger partial charge on any atom is 0.128 e. The largest absolute Gasteiger partial charge is 0.375 e. The quantitative estimate of drug-likeness (QED) is 0.746. The minimum absolute atomic E-state index is 0.176. The average Bonchev–Trinajstić information content (AvgIpc) is 2.97. The maximum absolute atomic E-state index is 13.8. The van der Waals surface area contributed by atoms with E-state index in [1.54, 1.807) is 0 Å². The molecule has 1 aliphatic rings. The molecule has 0 amide bonds. The molecule has 1 aromatic rings. The Hall–Kier alpha value is -0.970. The van der Waals surface area contributed by atoms with E-state index >= 15 is 0 Å². The summed E-state index contributed by atoms with van der Waals surface area (Å²) in [5.74, 6) is -0.176. The first kappa shape index (κ1) is 16.4. The molecule has 1 fully saturated rings. The summed E-state index contributed by atoms with van der Waals surface area (Å²) >= 11 is 0. The molecule has 0 aromatic heterocycles. The molecule has 0 saturated carbocycles. The highest BCUT2D eigenvalue weighted by molar-refractivity contribution is 5.24. The molecule has 0 atom stereocenters. The van der Waals surface area contributed by atoms with Gasteiger partial charge in [-0.25, -0.2) is 4.39 Å². The van der Waals surface area contributed by atoms with Crippen molar-refractivity contribution < 1.29 is 9.13 Å². The van der Waals surface area contributed by atoms with Gasteiger partial charge in [0.1, 0.15) is 5.82 Å². The van der Waals surface area contributed by atoms with Gasteiger partial charge in [-0.2, -0.15) is 0 Å². The minimum atomic E-state index is -0.176. The summed E-state index contributed by atoms with van der Waals surface area (Å²) in [7, 11) is 0. The fourth-order valence-electron chi connectivity index (χ4n) is 2.55. The molecule has 21 heavy (non-hydrogen) atoms. The average molecular weight is 294 g/mol. The van der Waals surface area contributed by atoms with Crippen LogP contribution in [-0.4, -0.2) is 37.2 Å². The van der Waals surface area contributed by atoms with Crippen LogP contribution in [0.25, 0.3) is 0 Å². The van der Waals surface area contributed by atoms with Crippen LogP contribution in [0.15, 0.2) is 18.2 Å². The Morgan fingerprint density at radius 2 is 2.05 bits per heavy atom. The van der Waals surface area contributed by atoms with Crippen molar-refractivity contribution in [2.75, 3.05) is 26.2 Å². The second-order valence-corrected chi connectivity index (χ2v) is 6.06. The molecule has 3 nitrogen and oxygen atoms in total. The van der Waals surface area contributed by atoms with Crippen LogP contribution < -0.4 is 5.32 Å². The number of ether oxygens (including phenoxy) is 1. The fourth-order valence-corrected chi connectivity index (χ4v) is 2.55. The molecule has 0 aliphatic carbocycles. The summed E-state index contributed by atoms with van der Waals surface area (Å²) in [6.45, 7) is 9.30. The fraction of sp³-hybridized carbons (Fsp3) is 0.647. The summed E-state index contributed by atoms with van der Waals surface area (Å²) in [6, 6.07) is 5.70. The van der Waals surface area contributed by atoms with E-state index in [-0.39, 0.29) is 5.82 Å². The lowest BCUT2D eigenvalue weighted by molar-refractivity contribution is 0.0973. The van der Waals surface area contributed by atoms with Crippen molar-refractivity contribution in [2.24, 2.45) is 0 Å². The number of likely N-dealkylation sites (tertiary alicyclic amines) is 1. The lowest BCUT2D eigenvalue weighted by Crippen LogP contribution is -2.24. The van der Waals surface area contributed by atoms with Gasteiger partial charge in [0.05, 0.1) is 13.2 Å². The van der Waals surface area contributed by atoms with Gasteiger partial charge in [-0.05, 0) is 43.6 Å². The monoisotopic (exact) mass is 294 g/mol. The summed E-state index contributed by atoms with van der Waals surface area (Å²) in [6.07, 6.45) is 2.58. The highest BCUT2D eigenvalue weighted by Gasteiger charge is 2.11. The highest BCUT2D eigenvalue weighted by atomic mass is 19.1. The first-order valence-electron chi connectivity index (χ1n) is 7.96. The van der Waals surface area contributed by atoms with Gasteiger partial charge in [-0.3, -0.25) is 0 Å². The van der Waals surface area contributed by atoms with Gasteiger partial charge in [0.2, 0.25) is 0 Å². The SMILES string of the molecule is CC(C)NCc1ccc(F)c(COCCN2CCCC2)c1. The zero-order valence-corrected chi connectivity index (χ0v) is 13.2. The van der Waals surface area contributed by atoms with E-state index in [0.29, 0.717) is 24.8 Å². The van der Waals surface area contributed by atoms with Crippen LogP contribution in [0.3, 0.4) is 0 Å². The predicted octanol–water partition coefficient (Wildman–Crippen LogP) is 2.94. The van der Waals surface area contributed by atoms with Gasteiger partial charge in [0.15, 0.2) is 0 Å². The van der Waals surface area contributed by atoms with Crippen LogP contribution in [-0.2, 0) is 17.9 Å². The lowest BCUT2D eigenvalue weighted by Gasteiger charge is -2.15. The number of benzene rings is 1. The van der Waals surface area contributed by atoms with Crippen molar-refractivity contribution in [1.82, 2.24) is 10.2 Å². The minimum Gasteiger partial charge on any atom is -0.375 e. The Morgan fingerprint density at radius 1 is 1.29 bits per heavy atom. The van der Waals surface area contributed by atoms with Gasteiger partial charge in [-0.15, -0.1) is 0 Å². The summed E-state index contributed by atoms with van der Waals surface area (Å²) in [5, 5.41) is 3.34. The summed E-state index contributed by atoms with van der Waals surface area (Å²) < 4.78 is 19.4. The zero-order chi connectivity index (χ0) is 15.1. The summed E-state index contributed by atoms with van der Waals surface area (Å²) in [5.41, 5.74) is 1.75. The third-order valence-corrected chi connectivity index (χ3v) is 3.83. The molecule has 1 heterocycles. The van der Waals surface area contributed by atoms with Crippen LogP contribution in [0.2, 0.25) is 0 Å². The molecule has 1 aliphatic heterocycles. The van der Waals surface area contributed by atoms with E-state index in [0.717, 1.165) is 18.7 Å². The molecule has 0 radical (unpaired) electrons. The maximum atomic E-state index is 13.8. The van der Waals surface area contributed by atoms with Gasteiger partial charge >= 0.3 is 0 Å². The number of rotatable bonds is 8. The highest BCUT2D eigenvalue weighted by Crippen LogP contribution is 2.13. The Morgan fingerprint density at radius 3 is 2.76 bits per heavy atom. The Bertz CT molecular complexity index is 431. The van der Waals surface area contributed by atoms with Crippen molar-refractivity contribution in [3.05, 3.63) is 35.1 Å². The van der Waals surface area contributed by atoms with Gasteiger partial charge in [0.25, 0.3) is 0 Å². The normalized spacial score (nSPS) is 16.0. The molecule has 4 heteroatoms. The Balaban J connectivity index is 1.76. The first-order chi connectivity index (χ1) is 10.1. The number of hydrogen-bond donors (Lipinski definition) is 1. The standard InChI is InChI=1S/C17H27FN2O/c1-14(2)19-12-15-5-6-17(18)16(11-15)13-21-10-9-20-7-3-4-8-20/h5-6,11,14,19H,3-4,7-10,12-13H2,1-2H3.